The van der Waals surface area contributed by atoms with Crippen LogP contribution in [0.4, 0.5) is 5.69 Å². The van der Waals surface area contributed by atoms with Gasteiger partial charge >= 0.3 is 0 Å². The molecule has 0 aliphatic carbocycles. The quantitative estimate of drug-likeness (QED) is 0.550. The smallest absolute Gasteiger partial charge is 0.196 e. The summed E-state index contributed by atoms with van der Waals surface area (Å²) >= 11 is 1.61. The Labute approximate surface area is 164 Å². The Bertz CT molecular complexity index is 1390. The Morgan fingerprint density at radius 2 is 1.96 bits per heavy atom. The Kier molecular flexibility index (Phi) is 3.91. The van der Waals surface area contributed by atoms with Crippen LogP contribution < -0.4 is 10.4 Å². The fourth-order valence-electron chi connectivity index (χ4n) is 3.31. The number of aryl methyl sites for hydroxylation is 1. The molecule has 0 atom stereocenters. The van der Waals surface area contributed by atoms with Gasteiger partial charge in [-0.2, -0.15) is 0 Å². The summed E-state index contributed by atoms with van der Waals surface area (Å²) in [5.41, 5.74) is 6.20. The first-order chi connectivity index (χ1) is 13.7. The molecule has 6 heteroatoms. The van der Waals surface area contributed by atoms with E-state index in [4.69, 9.17) is 0 Å². The summed E-state index contributed by atoms with van der Waals surface area (Å²) < 4.78 is 0. The van der Waals surface area contributed by atoms with Crippen molar-refractivity contribution in [1.29, 1.82) is 0 Å². The number of nitrogens with one attached hydrogen (secondary N) is 1. The lowest BCUT2D eigenvalue weighted by Crippen LogP contribution is -2.08. The van der Waals surface area contributed by atoms with Crippen molar-refractivity contribution < 1.29 is 5.11 Å². The number of aromatic amines is 1. The fourth-order valence-corrected chi connectivity index (χ4v) is 4.00. The zero-order chi connectivity index (χ0) is 19.1. The molecule has 136 valence electrons. The molecule has 5 nitrogen and oxygen atoms in total. The highest BCUT2D eigenvalue weighted by molar-refractivity contribution is 7.10. The lowest BCUT2D eigenvalue weighted by atomic mass is 10.1. The largest absolute Gasteiger partial charge is 0.494 e. The first-order valence-corrected chi connectivity index (χ1v) is 9.73. The predicted molar refractivity (Wildman–Crippen MR) is 113 cm³/mol. The van der Waals surface area contributed by atoms with Crippen LogP contribution in [0.3, 0.4) is 0 Å². The molecule has 0 bridgehead atoms. The molecule has 1 aliphatic rings. The van der Waals surface area contributed by atoms with Crippen LogP contribution in [0, 0.1) is 6.92 Å². The van der Waals surface area contributed by atoms with Crippen LogP contribution in [0.1, 0.15) is 16.1 Å². The molecule has 4 aromatic rings. The maximum absolute atomic E-state index is 10.3. The molecule has 1 aliphatic heterocycles. The molecule has 2 aromatic heterocycles. The van der Waals surface area contributed by atoms with Crippen LogP contribution in [0.15, 0.2) is 64.3 Å². The number of rotatable bonds is 3. The summed E-state index contributed by atoms with van der Waals surface area (Å²) in [7, 11) is 0. The Hall–Kier alpha value is -3.51. The van der Waals surface area contributed by atoms with E-state index in [9.17, 15) is 5.11 Å². The number of H-pyrrole nitrogens is 1. The van der Waals surface area contributed by atoms with Crippen LogP contribution in [-0.2, 0) is 0 Å². The second kappa shape index (κ2) is 6.58. The topological polar surface area (TPSA) is 73.6 Å². The number of hydrogen-bond acceptors (Lipinski definition) is 5. The van der Waals surface area contributed by atoms with Crippen LogP contribution in [0.2, 0.25) is 0 Å². The number of para-hydroxylation sites is 1. The van der Waals surface area contributed by atoms with E-state index in [2.05, 4.69) is 20.2 Å². The van der Waals surface area contributed by atoms with Gasteiger partial charge in [-0.1, -0.05) is 24.3 Å². The lowest BCUT2D eigenvalue weighted by Gasteiger charge is -1.94. The van der Waals surface area contributed by atoms with E-state index in [1.165, 1.54) is 0 Å². The van der Waals surface area contributed by atoms with Gasteiger partial charge in [-0.25, -0.2) is 4.98 Å². The van der Waals surface area contributed by atoms with Crippen LogP contribution in [-0.4, -0.2) is 15.1 Å². The Morgan fingerprint density at radius 1 is 1.07 bits per heavy atom. The minimum atomic E-state index is 0.165. The molecule has 0 radical (unpaired) electrons. The zero-order valence-corrected chi connectivity index (χ0v) is 15.9. The van der Waals surface area contributed by atoms with Crippen molar-refractivity contribution >= 4 is 45.8 Å². The van der Waals surface area contributed by atoms with Gasteiger partial charge in [-0.05, 0) is 48.6 Å². The summed E-state index contributed by atoms with van der Waals surface area (Å²) in [5.74, 6) is 0.165. The van der Waals surface area contributed by atoms with Crippen molar-refractivity contribution in [3.8, 4) is 5.88 Å². The second-order valence-corrected chi connectivity index (χ2v) is 7.46. The van der Waals surface area contributed by atoms with Crippen LogP contribution in [0.25, 0.3) is 28.8 Å². The summed E-state index contributed by atoms with van der Waals surface area (Å²) in [6, 6.07) is 13.9. The van der Waals surface area contributed by atoms with E-state index in [0.29, 0.717) is 0 Å². The molecule has 0 saturated carbocycles. The van der Waals surface area contributed by atoms with Crippen molar-refractivity contribution in [2.24, 2.45) is 10.2 Å². The number of thiazole rings is 1. The summed E-state index contributed by atoms with van der Waals surface area (Å²) in [6.07, 6.45) is 5.96. The van der Waals surface area contributed by atoms with E-state index >= 15 is 0 Å². The summed E-state index contributed by atoms with van der Waals surface area (Å²) in [4.78, 5) is 8.39. The Balaban J connectivity index is 1.57. The van der Waals surface area contributed by atoms with Gasteiger partial charge < -0.3 is 10.1 Å². The zero-order valence-electron chi connectivity index (χ0n) is 15.0. The third-order valence-electron chi connectivity index (χ3n) is 4.77. The van der Waals surface area contributed by atoms with Crippen molar-refractivity contribution in [2.45, 2.75) is 6.92 Å². The first kappa shape index (κ1) is 16.6. The highest BCUT2D eigenvalue weighted by atomic mass is 32.1. The molecular formula is C22H16N4OS. The highest BCUT2D eigenvalue weighted by Gasteiger charge is 2.09. The molecule has 0 spiro atoms. The minimum absolute atomic E-state index is 0.165. The maximum atomic E-state index is 10.3. The minimum Gasteiger partial charge on any atom is -0.494 e. The molecule has 0 saturated heterocycles. The average molecular weight is 384 g/mol. The third kappa shape index (κ3) is 2.84. The van der Waals surface area contributed by atoms with Gasteiger partial charge in [0.1, 0.15) is 0 Å². The Morgan fingerprint density at radius 3 is 2.82 bits per heavy atom. The normalized spacial score (nSPS) is 13.9. The maximum Gasteiger partial charge on any atom is 0.196 e. The van der Waals surface area contributed by atoms with Crippen LogP contribution >= 0.6 is 11.3 Å². The second-order valence-electron chi connectivity index (χ2n) is 6.57. The average Bonchev–Trinajstić information content (AvgIpc) is 3.38. The number of azo groups is 1. The highest BCUT2D eigenvalue weighted by Crippen LogP contribution is 2.27. The monoisotopic (exact) mass is 384 g/mol. The number of fused-ring (bicyclic) bond motifs is 2. The van der Waals surface area contributed by atoms with Gasteiger partial charge in [0, 0.05) is 26.6 Å². The van der Waals surface area contributed by atoms with Crippen molar-refractivity contribution in [3.05, 3.63) is 80.6 Å². The van der Waals surface area contributed by atoms with Crippen molar-refractivity contribution in [2.75, 3.05) is 0 Å². The lowest BCUT2D eigenvalue weighted by molar-refractivity contribution is 0.457. The van der Waals surface area contributed by atoms with E-state index < -0.39 is 0 Å². The van der Waals surface area contributed by atoms with E-state index in [1.54, 1.807) is 11.3 Å². The summed E-state index contributed by atoms with van der Waals surface area (Å²) in [5, 5.41) is 21.8. The van der Waals surface area contributed by atoms with Gasteiger partial charge in [-0.3, -0.25) is 0 Å². The molecule has 2 aromatic carbocycles. The SMILES string of the molecule is Cc1ncsc1/C=C/C1=c2ccc(=Cc3c(O)[nH]c4ccccc34)cc2N=N1. The number of benzene rings is 2. The van der Waals surface area contributed by atoms with Gasteiger partial charge in [0.15, 0.2) is 5.88 Å². The van der Waals surface area contributed by atoms with Crippen molar-refractivity contribution in [1.82, 2.24) is 9.97 Å². The number of aromatic hydroxyl groups is 1. The molecule has 5 rings (SSSR count). The van der Waals surface area contributed by atoms with E-state index in [-0.39, 0.29) is 5.88 Å². The number of aromatic nitrogens is 2. The molecular weight excluding hydrogens is 368 g/mol. The van der Waals surface area contributed by atoms with Gasteiger partial charge in [-0.15, -0.1) is 21.6 Å². The number of hydrogen-bond donors (Lipinski definition) is 2. The summed E-state index contributed by atoms with van der Waals surface area (Å²) in [6.45, 7) is 1.99. The van der Waals surface area contributed by atoms with E-state index in [1.807, 2.05) is 73.1 Å². The molecule has 28 heavy (non-hydrogen) atoms. The fraction of sp³-hybridized carbons (Fsp3) is 0.0455. The van der Waals surface area contributed by atoms with Gasteiger partial charge in [0.25, 0.3) is 0 Å². The van der Waals surface area contributed by atoms with Gasteiger partial charge in [0.05, 0.1) is 22.6 Å². The van der Waals surface area contributed by atoms with Crippen molar-refractivity contribution in [3.63, 3.8) is 0 Å². The molecule has 0 unspecified atom stereocenters. The first-order valence-electron chi connectivity index (χ1n) is 8.85. The molecule has 3 heterocycles. The van der Waals surface area contributed by atoms with E-state index in [0.717, 1.165) is 48.9 Å². The molecule has 0 amide bonds. The number of nitrogens with zero attached hydrogens (tertiary/aromatic N) is 3. The predicted octanol–water partition coefficient (Wildman–Crippen LogP) is 4.39. The molecule has 2 N–H and O–H groups in total. The third-order valence-corrected chi connectivity index (χ3v) is 5.67. The molecule has 0 fully saturated rings. The standard InChI is InChI=1S/C22H16N4OS/c1-13-21(28-12-23-13)9-8-19-16-7-6-14(11-20(16)26-25-19)10-17-15-4-2-3-5-18(15)24-22(17)27/h2-12,24,27H,1H3/b9-8+,14-10?. The van der Waals surface area contributed by atoms with Crippen LogP contribution in [0.5, 0.6) is 5.88 Å². The van der Waals surface area contributed by atoms with Gasteiger partial charge in [0.2, 0.25) is 0 Å².